The van der Waals surface area contributed by atoms with Crippen LogP contribution in [0.2, 0.25) is 0 Å². The van der Waals surface area contributed by atoms with Crippen LogP contribution >= 0.6 is 11.3 Å². The number of carbonyl (C=O) groups excluding carboxylic acids is 1. The van der Waals surface area contributed by atoms with E-state index in [-0.39, 0.29) is 5.13 Å². The molecular formula is C7H8F3N3OS. The summed E-state index contributed by atoms with van der Waals surface area (Å²) < 4.78 is 35.5. The van der Waals surface area contributed by atoms with Gasteiger partial charge in [-0.1, -0.05) is 18.3 Å². The molecular weight excluding hydrogens is 231 g/mol. The lowest BCUT2D eigenvalue weighted by Gasteiger charge is -2.03. The van der Waals surface area contributed by atoms with Crippen LogP contribution in [0.4, 0.5) is 18.3 Å². The van der Waals surface area contributed by atoms with Crippen LogP contribution in [0.1, 0.15) is 18.4 Å². The van der Waals surface area contributed by atoms with Gasteiger partial charge in [-0.05, 0) is 6.42 Å². The van der Waals surface area contributed by atoms with E-state index in [1.54, 1.807) is 5.32 Å². The molecule has 1 amide bonds. The Morgan fingerprint density at radius 1 is 1.47 bits per heavy atom. The minimum absolute atomic E-state index is 0.124. The number of halogens is 3. The summed E-state index contributed by atoms with van der Waals surface area (Å²) in [6.07, 6.45) is -3.43. The lowest BCUT2D eigenvalue weighted by atomic mass is 10.4. The number of nitrogens with zero attached hydrogens (tertiary/aromatic N) is 2. The summed E-state index contributed by atoms with van der Waals surface area (Å²) in [5.74, 6) is -2.03. The molecule has 0 bridgehead atoms. The number of aryl methyl sites for hydroxylation is 1. The minimum atomic E-state index is -4.89. The molecule has 8 heteroatoms. The highest BCUT2D eigenvalue weighted by molar-refractivity contribution is 7.15. The van der Waals surface area contributed by atoms with E-state index in [0.717, 1.165) is 17.8 Å². The third-order valence-corrected chi connectivity index (χ3v) is 2.31. The molecule has 4 nitrogen and oxygen atoms in total. The molecule has 0 aliphatic carbocycles. The highest BCUT2D eigenvalue weighted by atomic mass is 32.1. The molecule has 0 saturated carbocycles. The number of amides is 1. The van der Waals surface area contributed by atoms with Gasteiger partial charge >= 0.3 is 12.1 Å². The maximum absolute atomic E-state index is 11.8. The molecule has 1 heterocycles. The first-order valence-electron chi connectivity index (χ1n) is 4.14. The summed E-state index contributed by atoms with van der Waals surface area (Å²) in [5.41, 5.74) is 0. The van der Waals surface area contributed by atoms with E-state index in [2.05, 4.69) is 10.2 Å². The number of aromatic nitrogens is 2. The first kappa shape index (κ1) is 11.9. The molecule has 0 unspecified atom stereocenters. The molecule has 0 aromatic carbocycles. The minimum Gasteiger partial charge on any atom is -0.293 e. The Morgan fingerprint density at radius 2 is 2.13 bits per heavy atom. The van der Waals surface area contributed by atoms with E-state index in [1.807, 2.05) is 6.92 Å². The van der Waals surface area contributed by atoms with Gasteiger partial charge in [0.25, 0.3) is 0 Å². The molecule has 0 radical (unpaired) electrons. The van der Waals surface area contributed by atoms with Gasteiger partial charge in [0.2, 0.25) is 5.13 Å². The number of alkyl halides is 3. The Hall–Kier alpha value is -1.18. The predicted octanol–water partition coefficient (Wildman–Crippen LogP) is 1.99. The van der Waals surface area contributed by atoms with Gasteiger partial charge in [0, 0.05) is 6.42 Å². The Balaban J connectivity index is 2.61. The topological polar surface area (TPSA) is 54.9 Å². The quantitative estimate of drug-likeness (QED) is 0.877. The zero-order chi connectivity index (χ0) is 11.5. The Bertz CT molecular complexity index is 349. The van der Waals surface area contributed by atoms with Crippen molar-refractivity contribution in [2.24, 2.45) is 0 Å². The number of hydrogen-bond acceptors (Lipinski definition) is 4. The van der Waals surface area contributed by atoms with Crippen LogP contribution in [0.15, 0.2) is 0 Å². The summed E-state index contributed by atoms with van der Waals surface area (Å²) in [6, 6.07) is 0. The van der Waals surface area contributed by atoms with Crippen LogP contribution in [0.25, 0.3) is 0 Å². The molecule has 0 spiro atoms. The van der Waals surface area contributed by atoms with Crippen LogP contribution in [0, 0.1) is 0 Å². The fourth-order valence-corrected chi connectivity index (χ4v) is 1.62. The van der Waals surface area contributed by atoms with Crippen LogP contribution < -0.4 is 5.32 Å². The highest BCUT2D eigenvalue weighted by Gasteiger charge is 2.39. The summed E-state index contributed by atoms with van der Waals surface area (Å²) in [5, 5.41) is 9.18. The van der Waals surface area contributed by atoms with Crippen molar-refractivity contribution in [1.82, 2.24) is 10.2 Å². The van der Waals surface area contributed by atoms with Crippen LogP contribution in [0.3, 0.4) is 0 Å². The Morgan fingerprint density at radius 3 is 2.67 bits per heavy atom. The van der Waals surface area contributed by atoms with Crippen LogP contribution in [-0.2, 0) is 11.2 Å². The van der Waals surface area contributed by atoms with Gasteiger partial charge in [0.15, 0.2) is 0 Å². The number of anilines is 1. The molecule has 1 aromatic heterocycles. The van der Waals surface area contributed by atoms with E-state index in [1.165, 1.54) is 0 Å². The monoisotopic (exact) mass is 239 g/mol. The SMILES string of the molecule is CCCc1nnc(NC(=O)C(F)(F)F)s1. The van der Waals surface area contributed by atoms with Crippen molar-refractivity contribution in [2.75, 3.05) is 5.32 Å². The van der Waals surface area contributed by atoms with Crippen molar-refractivity contribution < 1.29 is 18.0 Å². The average Bonchev–Trinajstić information content (AvgIpc) is 2.51. The van der Waals surface area contributed by atoms with E-state index < -0.39 is 12.1 Å². The molecule has 0 saturated heterocycles. The predicted molar refractivity (Wildman–Crippen MR) is 48.6 cm³/mol. The van der Waals surface area contributed by atoms with E-state index in [9.17, 15) is 18.0 Å². The molecule has 1 N–H and O–H groups in total. The van der Waals surface area contributed by atoms with Crippen molar-refractivity contribution in [3.63, 3.8) is 0 Å². The van der Waals surface area contributed by atoms with Gasteiger partial charge in [0.1, 0.15) is 5.01 Å². The maximum atomic E-state index is 11.8. The van der Waals surface area contributed by atoms with Gasteiger partial charge in [-0.15, -0.1) is 10.2 Å². The maximum Gasteiger partial charge on any atom is 0.471 e. The Kier molecular flexibility index (Phi) is 3.61. The van der Waals surface area contributed by atoms with Gasteiger partial charge in [-0.25, -0.2) is 0 Å². The third-order valence-electron chi connectivity index (χ3n) is 1.41. The fourth-order valence-electron chi connectivity index (χ4n) is 0.787. The normalized spacial score (nSPS) is 11.5. The molecule has 1 rings (SSSR count). The second kappa shape index (κ2) is 4.56. The lowest BCUT2D eigenvalue weighted by Crippen LogP contribution is -2.29. The van der Waals surface area contributed by atoms with Gasteiger partial charge < -0.3 is 0 Å². The number of rotatable bonds is 3. The van der Waals surface area contributed by atoms with Crippen molar-refractivity contribution in [1.29, 1.82) is 0 Å². The smallest absolute Gasteiger partial charge is 0.293 e. The van der Waals surface area contributed by atoms with E-state index in [4.69, 9.17) is 0 Å². The third kappa shape index (κ3) is 3.46. The van der Waals surface area contributed by atoms with Crippen molar-refractivity contribution in [3.05, 3.63) is 5.01 Å². The number of nitrogens with one attached hydrogen (secondary N) is 1. The largest absolute Gasteiger partial charge is 0.471 e. The average molecular weight is 239 g/mol. The molecule has 0 aliphatic rings. The summed E-state index contributed by atoms with van der Waals surface area (Å²) in [6.45, 7) is 1.91. The second-order valence-electron chi connectivity index (χ2n) is 2.70. The first-order valence-corrected chi connectivity index (χ1v) is 4.95. The number of carbonyl (C=O) groups is 1. The zero-order valence-corrected chi connectivity index (χ0v) is 8.58. The highest BCUT2D eigenvalue weighted by Crippen LogP contribution is 2.21. The summed E-state index contributed by atoms with van der Waals surface area (Å²) in [7, 11) is 0. The van der Waals surface area contributed by atoms with Crippen molar-refractivity contribution in [3.8, 4) is 0 Å². The van der Waals surface area contributed by atoms with Gasteiger partial charge in [-0.3, -0.25) is 10.1 Å². The fraction of sp³-hybridized carbons (Fsp3) is 0.571. The summed E-state index contributed by atoms with van der Waals surface area (Å²) >= 11 is 0.948. The molecule has 0 aliphatic heterocycles. The van der Waals surface area contributed by atoms with E-state index >= 15 is 0 Å². The summed E-state index contributed by atoms with van der Waals surface area (Å²) in [4.78, 5) is 10.5. The molecule has 15 heavy (non-hydrogen) atoms. The van der Waals surface area contributed by atoms with E-state index in [0.29, 0.717) is 11.4 Å². The molecule has 0 atom stereocenters. The van der Waals surface area contributed by atoms with Gasteiger partial charge in [-0.2, -0.15) is 13.2 Å². The number of hydrogen-bond donors (Lipinski definition) is 1. The van der Waals surface area contributed by atoms with Crippen LogP contribution in [0.5, 0.6) is 0 Å². The molecule has 1 aromatic rings. The molecule has 84 valence electrons. The van der Waals surface area contributed by atoms with Crippen molar-refractivity contribution in [2.45, 2.75) is 25.9 Å². The van der Waals surface area contributed by atoms with Crippen LogP contribution in [-0.4, -0.2) is 22.3 Å². The first-order chi connectivity index (χ1) is 6.93. The lowest BCUT2D eigenvalue weighted by molar-refractivity contribution is -0.167. The van der Waals surface area contributed by atoms with Crippen molar-refractivity contribution >= 4 is 22.4 Å². The second-order valence-corrected chi connectivity index (χ2v) is 3.76. The molecule has 0 fully saturated rings. The standard InChI is InChI=1S/C7H8F3N3OS/c1-2-3-4-12-13-6(15-4)11-5(14)7(8,9)10/h2-3H2,1H3,(H,11,13,14). The Labute approximate surface area is 87.5 Å². The zero-order valence-electron chi connectivity index (χ0n) is 7.76. The van der Waals surface area contributed by atoms with Gasteiger partial charge in [0.05, 0.1) is 0 Å².